The standard InChI is InChI=1S/C27H32N2O7.C12H23N/c30-24(36-21-14-8-3-9-15-21)17-22(29-27(34)35-18-20-12-6-2-7-13-20)25(31)28-23(26(32)33)16-19-10-4-1-5-11-19;1-3-7-11(8-4-1)13-12-9-5-2-6-10-12/h1-2,4-7,10-13,21-23H,3,8-9,14-18H2,(H,28,31)(H,29,34)(H,32,33);11-13H,1-10H2/t22-,23-;/m0./s1. The molecule has 2 aromatic carbocycles. The van der Waals surface area contributed by atoms with E-state index in [4.69, 9.17) is 9.47 Å². The van der Waals surface area contributed by atoms with E-state index in [0.29, 0.717) is 5.56 Å². The Morgan fingerprint density at radius 3 is 1.69 bits per heavy atom. The summed E-state index contributed by atoms with van der Waals surface area (Å²) < 4.78 is 10.7. The van der Waals surface area contributed by atoms with Gasteiger partial charge in [0.1, 0.15) is 24.8 Å². The largest absolute Gasteiger partial charge is 0.480 e. The number of aliphatic carboxylic acids is 1. The average molecular weight is 678 g/mol. The molecule has 5 rings (SSSR count). The molecule has 0 radical (unpaired) electrons. The number of hydrogen-bond acceptors (Lipinski definition) is 7. The van der Waals surface area contributed by atoms with Gasteiger partial charge in [0.2, 0.25) is 5.91 Å². The van der Waals surface area contributed by atoms with Gasteiger partial charge in [-0.15, -0.1) is 0 Å². The topological polar surface area (TPSA) is 143 Å². The number of carboxylic acid groups (broad SMARTS) is 1. The molecule has 0 spiro atoms. The molecule has 2 aromatic rings. The number of benzene rings is 2. The van der Waals surface area contributed by atoms with Crippen molar-refractivity contribution in [3.8, 4) is 0 Å². The molecular formula is C39H55N3O7. The lowest BCUT2D eigenvalue weighted by Crippen LogP contribution is -2.53. The van der Waals surface area contributed by atoms with E-state index in [2.05, 4.69) is 16.0 Å². The zero-order chi connectivity index (χ0) is 34.7. The van der Waals surface area contributed by atoms with Crippen LogP contribution < -0.4 is 16.0 Å². The van der Waals surface area contributed by atoms with Crippen molar-refractivity contribution in [2.75, 3.05) is 0 Å². The highest BCUT2D eigenvalue weighted by atomic mass is 16.6. The monoisotopic (exact) mass is 677 g/mol. The first kappa shape index (κ1) is 37.9. The molecule has 2 atom stereocenters. The van der Waals surface area contributed by atoms with Gasteiger partial charge < -0.3 is 30.5 Å². The lowest BCUT2D eigenvalue weighted by atomic mass is 9.91. The maximum absolute atomic E-state index is 13.0. The molecule has 0 bridgehead atoms. The number of carbonyl (C=O) groups is 4. The fourth-order valence-corrected chi connectivity index (χ4v) is 6.89. The van der Waals surface area contributed by atoms with Gasteiger partial charge in [-0.1, -0.05) is 106 Å². The van der Waals surface area contributed by atoms with Crippen LogP contribution in [0.3, 0.4) is 0 Å². The minimum atomic E-state index is -1.36. The van der Waals surface area contributed by atoms with Crippen molar-refractivity contribution in [2.24, 2.45) is 0 Å². The first-order chi connectivity index (χ1) is 23.9. The molecule has 3 fully saturated rings. The minimum absolute atomic E-state index is 0.0285. The van der Waals surface area contributed by atoms with Crippen molar-refractivity contribution >= 4 is 23.9 Å². The highest BCUT2D eigenvalue weighted by Gasteiger charge is 2.30. The molecule has 4 N–H and O–H groups in total. The smallest absolute Gasteiger partial charge is 0.408 e. The van der Waals surface area contributed by atoms with E-state index in [9.17, 15) is 24.3 Å². The number of alkyl carbamates (subject to hydrolysis) is 1. The van der Waals surface area contributed by atoms with Crippen molar-refractivity contribution in [1.29, 1.82) is 0 Å². The molecule has 10 nitrogen and oxygen atoms in total. The number of rotatable bonds is 13. The molecule has 2 amide bonds. The summed E-state index contributed by atoms with van der Waals surface area (Å²) in [6, 6.07) is 17.0. The van der Waals surface area contributed by atoms with Crippen LogP contribution in [0.4, 0.5) is 4.79 Å². The molecule has 0 saturated heterocycles. The third kappa shape index (κ3) is 14.6. The fraction of sp³-hybridized carbons (Fsp3) is 0.590. The second kappa shape index (κ2) is 21.2. The Kier molecular flexibility index (Phi) is 16.4. The first-order valence-electron chi connectivity index (χ1n) is 18.4. The van der Waals surface area contributed by atoms with E-state index in [-0.39, 0.29) is 19.1 Å². The molecule has 0 unspecified atom stereocenters. The SMILES string of the molecule is C1CCC(NC2CCCCC2)CC1.O=C(C[C@H](NC(=O)OCc1ccccc1)C(=O)N[C@@H](Cc1ccccc1)C(=O)O)OC1CCCCC1. The quantitative estimate of drug-likeness (QED) is 0.174. The van der Waals surface area contributed by atoms with Gasteiger partial charge in [-0.2, -0.15) is 0 Å². The Balaban J connectivity index is 0.000000344. The number of esters is 1. The van der Waals surface area contributed by atoms with E-state index in [0.717, 1.165) is 49.8 Å². The Bertz CT molecular complexity index is 1260. The number of ether oxygens (including phenoxy) is 2. The van der Waals surface area contributed by atoms with Crippen LogP contribution >= 0.6 is 0 Å². The van der Waals surface area contributed by atoms with Crippen LogP contribution in [0.2, 0.25) is 0 Å². The highest BCUT2D eigenvalue weighted by molar-refractivity contribution is 5.92. The van der Waals surface area contributed by atoms with Gasteiger partial charge >= 0.3 is 18.0 Å². The van der Waals surface area contributed by atoms with Crippen LogP contribution in [-0.2, 0) is 36.9 Å². The van der Waals surface area contributed by atoms with Crippen molar-refractivity contribution in [3.63, 3.8) is 0 Å². The maximum Gasteiger partial charge on any atom is 0.408 e. The normalized spacial score (nSPS) is 18.5. The van der Waals surface area contributed by atoms with E-state index in [1.165, 1.54) is 64.2 Å². The summed E-state index contributed by atoms with van der Waals surface area (Å²) in [5.41, 5.74) is 1.47. The maximum atomic E-state index is 13.0. The fourth-order valence-electron chi connectivity index (χ4n) is 6.89. The van der Waals surface area contributed by atoms with Crippen molar-refractivity contribution in [3.05, 3.63) is 71.8 Å². The predicted molar refractivity (Wildman–Crippen MR) is 188 cm³/mol. The van der Waals surface area contributed by atoms with Gasteiger partial charge in [0.05, 0.1) is 6.42 Å². The summed E-state index contributed by atoms with van der Waals surface area (Å²) in [7, 11) is 0. The van der Waals surface area contributed by atoms with Crippen molar-refractivity contribution in [2.45, 2.75) is 146 Å². The molecule has 268 valence electrons. The van der Waals surface area contributed by atoms with E-state index >= 15 is 0 Å². The van der Waals surface area contributed by atoms with Gasteiger partial charge in [-0.05, 0) is 62.5 Å². The summed E-state index contributed by atoms with van der Waals surface area (Å²) in [6.45, 7) is -0.0285. The molecular weight excluding hydrogens is 622 g/mol. The van der Waals surface area contributed by atoms with E-state index in [1.807, 2.05) is 6.07 Å². The first-order valence-corrected chi connectivity index (χ1v) is 18.4. The summed E-state index contributed by atoms with van der Waals surface area (Å²) >= 11 is 0. The minimum Gasteiger partial charge on any atom is -0.480 e. The summed E-state index contributed by atoms with van der Waals surface area (Å²) in [5.74, 6) is -2.68. The molecule has 3 aliphatic rings. The molecule has 3 saturated carbocycles. The lowest BCUT2D eigenvalue weighted by molar-refractivity contribution is -0.152. The van der Waals surface area contributed by atoms with Crippen LogP contribution in [0, 0.1) is 0 Å². The van der Waals surface area contributed by atoms with Crippen LogP contribution in [0.1, 0.15) is 114 Å². The number of amides is 2. The Labute approximate surface area is 291 Å². The van der Waals surface area contributed by atoms with Crippen LogP contribution in [0.5, 0.6) is 0 Å². The van der Waals surface area contributed by atoms with Gasteiger partial charge in [0.25, 0.3) is 0 Å². The number of hydrogen-bond donors (Lipinski definition) is 4. The van der Waals surface area contributed by atoms with Crippen LogP contribution in [-0.4, -0.2) is 59.3 Å². The van der Waals surface area contributed by atoms with Gasteiger partial charge in [-0.25, -0.2) is 9.59 Å². The number of nitrogens with one attached hydrogen (secondary N) is 3. The summed E-state index contributed by atoms with van der Waals surface area (Å²) in [6.07, 6.45) is 17.6. The third-order valence-corrected chi connectivity index (χ3v) is 9.62. The van der Waals surface area contributed by atoms with Gasteiger partial charge in [0, 0.05) is 18.5 Å². The Morgan fingerprint density at radius 2 is 1.16 bits per heavy atom. The van der Waals surface area contributed by atoms with Crippen LogP contribution in [0.25, 0.3) is 0 Å². The van der Waals surface area contributed by atoms with Crippen LogP contribution in [0.15, 0.2) is 60.7 Å². The predicted octanol–water partition coefficient (Wildman–Crippen LogP) is 6.60. The lowest BCUT2D eigenvalue weighted by Gasteiger charge is -2.30. The Morgan fingerprint density at radius 1 is 0.653 bits per heavy atom. The number of carboxylic acids is 1. The second-order valence-electron chi connectivity index (χ2n) is 13.6. The third-order valence-electron chi connectivity index (χ3n) is 9.62. The summed E-state index contributed by atoms with van der Waals surface area (Å²) in [4.78, 5) is 49.9. The molecule has 0 heterocycles. The van der Waals surface area contributed by atoms with Gasteiger partial charge in [0.15, 0.2) is 0 Å². The van der Waals surface area contributed by atoms with Crippen molar-refractivity contribution < 1.29 is 33.8 Å². The van der Waals surface area contributed by atoms with Crippen molar-refractivity contribution in [1.82, 2.24) is 16.0 Å². The second-order valence-corrected chi connectivity index (χ2v) is 13.6. The van der Waals surface area contributed by atoms with Gasteiger partial charge in [-0.3, -0.25) is 9.59 Å². The average Bonchev–Trinajstić information content (AvgIpc) is 3.12. The van der Waals surface area contributed by atoms with E-state index in [1.54, 1.807) is 54.6 Å². The number of carbonyl (C=O) groups excluding carboxylic acids is 3. The molecule has 0 aromatic heterocycles. The summed E-state index contributed by atoms with van der Waals surface area (Å²) in [5, 5.41) is 18.3. The zero-order valence-corrected chi connectivity index (χ0v) is 28.8. The molecule has 0 aliphatic heterocycles. The molecule has 10 heteroatoms. The Hall–Kier alpha value is -3.92. The molecule has 3 aliphatic carbocycles. The highest BCUT2D eigenvalue weighted by Crippen LogP contribution is 2.23. The van der Waals surface area contributed by atoms with E-state index < -0.39 is 42.4 Å². The zero-order valence-electron chi connectivity index (χ0n) is 28.8. The molecule has 49 heavy (non-hydrogen) atoms.